The number of carbonyl (C=O) groups is 3. The first-order valence-electron chi connectivity index (χ1n) is 34.8. The number of hydrogen-bond acceptors (Lipinski definition) is 6. The monoisotopic (exact) mass is 1110 g/mol. The van der Waals surface area contributed by atoms with E-state index in [9.17, 15) is 14.4 Å². The molecule has 0 aromatic heterocycles. The summed E-state index contributed by atoms with van der Waals surface area (Å²) in [6.07, 6.45) is 86.7. The van der Waals surface area contributed by atoms with Crippen molar-refractivity contribution >= 4 is 17.9 Å². The van der Waals surface area contributed by atoms with Crippen molar-refractivity contribution in [3.63, 3.8) is 0 Å². The summed E-state index contributed by atoms with van der Waals surface area (Å²) in [4.78, 5) is 38.4. The first-order valence-corrected chi connectivity index (χ1v) is 34.8. The average Bonchev–Trinajstić information content (AvgIpc) is 3.45. The van der Waals surface area contributed by atoms with Crippen LogP contribution in [0.15, 0.2) is 60.8 Å². The van der Waals surface area contributed by atoms with Gasteiger partial charge in [0.1, 0.15) is 13.2 Å². The first-order chi connectivity index (χ1) is 39.0. The topological polar surface area (TPSA) is 78.9 Å². The van der Waals surface area contributed by atoms with Crippen molar-refractivity contribution in [1.82, 2.24) is 0 Å². The molecular weight excluding hydrogens is 973 g/mol. The lowest BCUT2D eigenvalue weighted by Crippen LogP contribution is -2.30. The predicted molar refractivity (Wildman–Crippen MR) is 344 cm³/mol. The maximum atomic E-state index is 12.9. The van der Waals surface area contributed by atoms with E-state index in [-0.39, 0.29) is 31.1 Å². The number of carbonyl (C=O) groups excluding carboxylic acids is 3. The summed E-state index contributed by atoms with van der Waals surface area (Å²) in [7, 11) is 0. The molecule has 0 N–H and O–H groups in total. The summed E-state index contributed by atoms with van der Waals surface area (Å²) in [6.45, 7) is 6.66. The Labute approximate surface area is 491 Å². The molecule has 0 rings (SSSR count). The number of esters is 3. The molecule has 0 radical (unpaired) electrons. The van der Waals surface area contributed by atoms with Gasteiger partial charge < -0.3 is 14.2 Å². The fraction of sp³-hybridized carbons (Fsp3) is 0.822. The molecule has 0 amide bonds. The van der Waals surface area contributed by atoms with Gasteiger partial charge in [0.05, 0.1) is 0 Å². The van der Waals surface area contributed by atoms with E-state index in [1.54, 1.807) is 0 Å². The molecule has 0 saturated carbocycles. The maximum absolute atomic E-state index is 12.9. The highest BCUT2D eigenvalue weighted by Crippen LogP contribution is 2.18. The van der Waals surface area contributed by atoms with Crippen LogP contribution < -0.4 is 0 Å². The highest BCUT2D eigenvalue weighted by atomic mass is 16.6. The molecule has 0 aliphatic carbocycles. The van der Waals surface area contributed by atoms with E-state index in [0.29, 0.717) is 19.3 Å². The third-order valence-electron chi connectivity index (χ3n) is 15.5. The molecule has 0 aliphatic heterocycles. The van der Waals surface area contributed by atoms with Gasteiger partial charge in [-0.3, -0.25) is 14.4 Å². The third-order valence-corrected chi connectivity index (χ3v) is 15.5. The van der Waals surface area contributed by atoms with Crippen LogP contribution in [0.4, 0.5) is 0 Å². The number of rotatable bonds is 64. The zero-order chi connectivity index (χ0) is 57.1. The van der Waals surface area contributed by atoms with Gasteiger partial charge in [-0.05, 0) is 89.9 Å². The second-order valence-corrected chi connectivity index (χ2v) is 23.4. The number of unbranched alkanes of at least 4 members (excludes halogenated alkanes) is 43. The van der Waals surface area contributed by atoms with Crippen LogP contribution in [0.3, 0.4) is 0 Å². The Morgan fingerprint density at radius 2 is 0.456 bits per heavy atom. The van der Waals surface area contributed by atoms with Crippen molar-refractivity contribution in [3.05, 3.63) is 60.8 Å². The minimum atomic E-state index is -0.781. The summed E-state index contributed by atoms with van der Waals surface area (Å²) in [5.41, 5.74) is 0. The largest absolute Gasteiger partial charge is 0.462 e. The fourth-order valence-corrected chi connectivity index (χ4v) is 10.2. The van der Waals surface area contributed by atoms with Gasteiger partial charge in [0.25, 0.3) is 0 Å². The van der Waals surface area contributed by atoms with E-state index in [2.05, 4.69) is 81.5 Å². The van der Waals surface area contributed by atoms with E-state index in [4.69, 9.17) is 14.2 Å². The lowest BCUT2D eigenvalue weighted by Gasteiger charge is -2.18. The molecule has 6 heteroatoms. The number of allylic oxidation sites excluding steroid dienone is 10. The van der Waals surface area contributed by atoms with Gasteiger partial charge in [0.15, 0.2) is 6.10 Å². The Bertz CT molecular complexity index is 1410. The highest BCUT2D eigenvalue weighted by molar-refractivity contribution is 5.71. The Hall–Kier alpha value is -2.89. The van der Waals surface area contributed by atoms with Crippen LogP contribution in [-0.4, -0.2) is 37.2 Å². The molecule has 0 heterocycles. The van der Waals surface area contributed by atoms with Crippen LogP contribution in [0.1, 0.15) is 367 Å². The molecule has 1 atom stereocenters. The molecule has 6 nitrogen and oxygen atoms in total. The van der Waals surface area contributed by atoms with Crippen LogP contribution in [-0.2, 0) is 28.6 Å². The van der Waals surface area contributed by atoms with Crippen molar-refractivity contribution in [3.8, 4) is 0 Å². The summed E-state index contributed by atoms with van der Waals surface area (Å²) < 4.78 is 17.0. The van der Waals surface area contributed by atoms with Crippen molar-refractivity contribution in [2.24, 2.45) is 0 Å². The van der Waals surface area contributed by atoms with Gasteiger partial charge in [0.2, 0.25) is 0 Å². The van der Waals surface area contributed by atoms with E-state index >= 15 is 0 Å². The standard InChI is InChI=1S/C73H132O6/c1-4-7-10-13-16-19-22-25-28-31-32-33-34-35-36-37-38-39-40-41-42-43-46-48-51-54-57-60-63-66-72(75)78-69-70(79-73(76)67-64-61-58-55-52-49-45-30-27-24-21-18-15-12-9-6-3)68-77-71(74)65-62-59-56-53-50-47-44-29-26-23-20-17-14-11-8-5-2/h21-22,24-25,30-32,34-35,45,70H,4-20,23,26-29,33,36-44,46-69H2,1-3H3/b24-21-,25-22-,32-31-,35-34-,45-30-. The summed E-state index contributed by atoms with van der Waals surface area (Å²) in [5, 5.41) is 0. The minimum absolute atomic E-state index is 0.0756. The van der Waals surface area contributed by atoms with Crippen LogP contribution in [0.25, 0.3) is 0 Å². The molecule has 0 saturated heterocycles. The molecule has 0 bridgehead atoms. The van der Waals surface area contributed by atoms with Gasteiger partial charge in [0, 0.05) is 19.3 Å². The average molecular weight is 1110 g/mol. The van der Waals surface area contributed by atoms with Crippen LogP contribution in [0.5, 0.6) is 0 Å². The minimum Gasteiger partial charge on any atom is -0.462 e. The molecule has 1 unspecified atom stereocenters. The molecule has 0 aromatic rings. The lowest BCUT2D eigenvalue weighted by atomic mass is 10.0. The zero-order valence-electron chi connectivity index (χ0n) is 52.9. The molecule has 0 aromatic carbocycles. The van der Waals surface area contributed by atoms with Crippen molar-refractivity contribution in [2.45, 2.75) is 374 Å². The molecule has 0 fully saturated rings. The molecule has 0 aliphatic rings. The zero-order valence-corrected chi connectivity index (χ0v) is 52.9. The van der Waals surface area contributed by atoms with Gasteiger partial charge >= 0.3 is 17.9 Å². The van der Waals surface area contributed by atoms with Gasteiger partial charge in [-0.2, -0.15) is 0 Å². The quantitative estimate of drug-likeness (QED) is 0.0261. The smallest absolute Gasteiger partial charge is 0.306 e. The first kappa shape index (κ1) is 76.1. The third kappa shape index (κ3) is 65.8. The van der Waals surface area contributed by atoms with Gasteiger partial charge in [-0.15, -0.1) is 0 Å². The van der Waals surface area contributed by atoms with E-state index < -0.39 is 6.10 Å². The van der Waals surface area contributed by atoms with Gasteiger partial charge in [-0.25, -0.2) is 0 Å². The van der Waals surface area contributed by atoms with E-state index in [1.165, 1.54) is 231 Å². The van der Waals surface area contributed by atoms with Crippen molar-refractivity contribution < 1.29 is 28.6 Å². The van der Waals surface area contributed by atoms with Crippen molar-refractivity contribution in [1.29, 1.82) is 0 Å². The molecule has 0 spiro atoms. The van der Waals surface area contributed by atoms with E-state index in [0.717, 1.165) is 96.3 Å². The molecule has 79 heavy (non-hydrogen) atoms. The second-order valence-electron chi connectivity index (χ2n) is 23.4. The van der Waals surface area contributed by atoms with Gasteiger partial charge in [-0.1, -0.05) is 319 Å². The highest BCUT2D eigenvalue weighted by Gasteiger charge is 2.19. The Morgan fingerprint density at radius 1 is 0.253 bits per heavy atom. The summed E-state index contributed by atoms with van der Waals surface area (Å²) in [6, 6.07) is 0. The Morgan fingerprint density at radius 3 is 0.722 bits per heavy atom. The Kier molecular flexibility index (Phi) is 65.1. The predicted octanol–water partition coefficient (Wildman–Crippen LogP) is 23.9. The fourth-order valence-electron chi connectivity index (χ4n) is 10.2. The maximum Gasteiger partial charge on any atom is 0.306 e. The summed E-state index contributed by atoms with van der Waals surface area (Å²) >= 11 is 0. The second kappa shape index (κ2) is 67.6. The SMILES string of the molecule is CCCCCC/C=C\C/C=C\CCCCCCCC(=O)OC(COC(=O)CCCCCCCCCCCCCCCC/C=C\C/C=C\C/C=C\CCCCCCC)COC(=O)CCCCCCCCCCCCCCCCCC. The lowest BCUT2D eigenvalue weighted by molar-refractivity contribution is -0.167. The van der Waals surface area contributed by atoms with E-state index in [1.807, 2.05) is 0 Å². The van der Waals surface area contributed by atoms with Crippen molar-refractivity contribution in [2.75, 3.05) is 13.2 Å². The van der Waals surface area contributed by atoms with Crippen LogP contribution >= 0.6 is 0 Å². The Balaban J connectivity index is 4.25. The number of hydrogen-bond donors (Lipinski definition) is 0. The normalized spacial score (nSPS) is 12.4. The van der Waals surface area contributed by atoms with Crippen LogP contribution in [0.2, 0.25) is 0 Å². The molecular formula is C73H132O6. The van der Waals surface area contributed by atoms with Crippen LogP contribution in [0, 0.1) is 0 Å². The molecule has 460 valence electrons. The summed E-state index contributed by atoms with van der Waals surface area (Å²) in [5.74, 6) is -0.867. The number of ether oxygens (including phenoxy) is 3.